The van der Waals surface area contributed by atoms with Crippen LogP contribution in [-0.2, 0) is 0 Å². The number of nitrogens with zero attached hydrogens (tertiary/aromatic N) is 1. The monoisotopic (exact) mass is 279 g/mol. The molecule has 0 spiro atoms. The van der Waals surface area contributed by atoms with Crippen molar-refractivity contribution in [3.8, 4) is 0 Å². The highest BCUT2D eigenvalue weighted by atomic mass is 35.5. The van der Waals surface area contributed by atoms with Crippen molar-refractivity contribution in [1.82, 2.24) is 4.98 Å². The summed E-state index contributed by atoms with van der Waals surface area (Å²) in [6, 6.07) is 7.21. The van der Waals surface area contributed by atoms with E-state index < -0.39 is 11.7 Å². The van der Waals surface area contributed by atoms with Crippen molar-refractivity contribution >= 4 is 29.0 Å². The maximum absolute atomic E-state index is 13.5. The van der Waals surface area contributed by atoms with Crippen LogP contribution >= 0.6 is 11.6 Å². The van der Waals surface area contributed by atoms with Crippen molar-refractivity contribution in [2.45, 2.75) is 0 Å². The summed E-state index contributed by atoms with van der Waals surface area (Å²) in [6.07, 6.45) is 1.41. The standard InChI is InChI=1S/C13H11ClFN3O/c1-16-12-5-2-8(7-17-12)13(19)18-11-6-9(14)3-4-10(11)15/h2-7H,1H3,(H,16,17)(H,18,19). The molecule has 0 aliphatic rings. The smallest absolute Gasteiger partial charge is 0.257 e. The zero-order valence-electron chi connectivity index (χ0n) is 10.1. The normalized spacial score (nSPS) is 10.1. The Morgan fingerprint density at radius 1 is 1.32 bits per heavy atom. The minimum absolute atomic E-state index is 0.0372. The lowest BCUT2D eigenvalue weighted by Crippen LogP contribution is -2.13. The molecule has 19 heavy (non-hydrogen) atoms. The van der Waals surface area contributed by atoms with Gasteiger partial charge in [-0.3, -0.25) is 4.79 Å². The summed E-state index contributed by atoms with van der Waals surface area (Å²) in [5.74, 6) is -0.348. The number of halogens is 2. The molecule has 4 nitrogen and oxygen atoms in total. The van der Waals surface area contributed by atoms with E-state index in [4.69, 9.17) is 11.6 Å². The first kappa shape index (κ1) is 13.3. The van der Waals surface area contributed by atoms with E-state index in [1.54, 1.807) is 19.2 Å². The number of rotatable bonds is 3. The molecule has 0 radical (unpaired) electrons. The number of nitrogens with one attached hydrogen (secondary N) is 2. The lowest BCUT2D eigenvalue weighted by molar-refractivity contribution is 0.102. The molecule has 0 saturated carbocycles. The second kappa shape index (κ2) is 5.67. The zero-order chi connectivity index (χ0) is 13.8. The second-order valence-corrected chi connectivity index (χ2v) is 4.20. The third kappa shape index (κ3) is 3.20. The van der Waals surface area contributed by atoms with Crippen LogP contribution < -0.4 is 10.6 Å². The SMILES string of the molecule is CNc1ccc(C(=O)Nc2cc(Cl)ccc2F)cn1. The summed E-state index contributed by atoms with van der Waals surface area (Å²) in [6.45, 7) is 0. The van der Waals surface area contributed by atoms with Gasteiger partial charge >= 0.3 is 0 Å². The quantitative estimate of drug-likeness (QED) is 0.907. The molecule has 1 heterocycles. The fourth-order valence-electron chi connectivity index (χ4n) is 1.46. The molecule has 2 aromatic rings. The second-order valence-electron chi connectivity index (χ2n) is 3.76. The predicted octanol–water partition coefficient (Wildman–Crippen LogP) is 3.17. The van der Waals surface area contributed by atoms with Crippen LogP contribution in [0.3, 0.4) is 0 Å². The van der Waals surface area contributed by atoms with Gasteiger partial charge in [-0.15, -0.1) is 0 Å². The van der Waals surface area contributed by atoms with Crippen LogP contribution in [0.25, 0.3) is 0 Å². The van der Waals surface area contributed by atoms with Gasteiger partial charge in [-0.05, 0) is 30.3 Å². The minimum Gasteiger partial charge on any atom is -0.373 e. The maximum Gasteiger partial charge on any atom is 0.257 e. The highest BCUT2D eigenvalue weighted by molar-refractivity contribution is 6.31. The van der Waals surface area contributed by atoms with Crippen molar-refractivity contribution in [3.05, 3.63) is 52.9 Å². The van der Waals surface area contributed by atoms with E-state index in [0.717, 1.165) is 0 Å². The summed E-state index contributed by atoms with van der Waals surface area (Å²) in [5.41, 5.74) is 0.369. The van der Waals surface area contributed by atoms with Gasteiger partial charge in [-0.1, -0.05) is 11.6 Å². The van der Waals surface area contributed by atoms with Gasteiger partial charge in [-0.2, -0.15) is 0 Å². The molecule has 1 aromatic heterocycles. The molecule has 2 N–H and O–H groups in total. The largest absolute Gasteiger partial charge is 0.373 e. The van der Waals surface area contributed by atoms with Gasteiger partial charge in [0.15, 0.2) is 0 Å². The average Bonchev–Trinajstić information content (AvgIpc) is 2.43. The minimum atomic E-state index is -0.544. The average molecular weight is 280 g/mol. The number of pyridine rings is 1. The molecule has 6 heteroatoms. The van der Waals surface area contributed by atoms with E-state index in [-0.39, 0.29) is 5.69 Å². The van der Waals surface area contributed by atoms with Crippen molar-refractivity contribution in [3.63, 3.8) is 0 Å². The van der Waals surface area contributed by atoms with Crippen LogP contribution in [0.1, 0.15) is 10.4 Å². The number of hydrogen-bond donors (Lipinski definition) is 2. The van der Waals surface area contributed by atoms with Gasteiger partial charge in [0, 0.05) is 18.3 Å². The molecule has 0 bridgehead atoms. The number of hydrogen-bond acceptors (Lipinski definition) is 3. The van der Waals surface area contributed by atoms with Gasteiger partial charge in [0.1, 0.15) is 11.6 Å². The fourth-order valence-corrected chi connectivity index (χ4v) is 1.64. The Bertz CT molecular complexity index is 601. The first-order valence-electron chi connectivity index (χ1n) is 5.50. The summed E-state index contributed by atoms with van der Waals surface area (Å²) in [7, 11) is 1.73. The molecule has 1 aromatic carbocycles. The molecule has 0 fully saturated rings. The van der Waals surface area contributed by atoms with Crippen LogP contribution in [-0.4, -0.2) is 17.9 Å². The highest BCUT2D eigenvalue weighted by Crippen LogP contribution is 2.20. The van der Waals surface area contributed by atoms with E-state index in [2.05, 4.69) is 15.6 Å². The Hall–Kier alpha value is -2.14. The van der Waals surface area contributed by atoms with Gasteiger partial charge in [0.2, 0.25) is 0 Å². The van der Waals surface area contributed by atoms with Crippen molar-refractivity contribution in [2.24, 2.45) is 0 Å². The van der Waals surface area contributed by atoms with Gasteiger partial charge in [0.05, 0.1) is 11.3 Å². The molecule has 0 saturated heterocycles. The lowest BCUT2D eigenvalue weighted by atomic mass is 10.2. The number of benzene rings is 1. The maximum atomic E-state index is 13.5. The number of amides is 1. The van der Waals surface area contributed by atoms with Gasteiger partial charge < -0.3 is 10.6 Å². The van der Waals surface area contributed by atoms with Crippen molar-refractivity contribution in [2.75, 3.05) is 17.7 Å². The third-order valence-corrected chi connectivity index (χ3v) is 2.69. The highest BCUT2D eigenvalue weighted by Gasteiger charge is 2.10. The molecule has 98 valence electrons. The van der Waals surface area contributed by atoms with Crippen LogP contribution in [0, 0.1) is 5.82 Å². The van der Waals surface area contributed by atoms with E-state index in [1.165, 1.54) is 24.4 Å². The topological polar surface area (TPSA) is 54.0 Å². The van der Waals surface area contributed by atoms with E-state index in [0.29, 0.717) is 16.4 Å². The molecule has 0 unspecified atom stereocenters. The molecule has 0 atom stereocenters. The van der Waals surface area contributed by atoms with Crippen LogP contribution in [0.5, 0.6) is 0 Å². The predicted molar refractivity (Wildman–Crippen MR) is 73.1 cm³/mol. The Kier molecular flexibility index (Phi) is 3.97. The molecule has 0 aliphatic carbocycles. The third-order valence-electron chi connectivity index (χ3n) is 2.46. The molecular formula is C13H11ClFN3O. The molecule has 2 rings (SSSR count). The van der Waals surface area contributed by atoms with Crippen LogP contribution in [0.2, 0.25) is 5.02 Å². The molecule has 1 amide bonds. The Morgan fingerprint density at radius 3 is 2.74 bits per heavy atom. The Labute approximate surface area is 114 Å². The number of carbonyl (C=O) groups excluding carboxylic acids is 1. The van der Waals surface area contributed by atoms with Gasteiger partial charge in [-0.25, -0.2) is 9.37 Å². The van der Waals surface area contributed by atoms with E-state index in [9.17, 15) is 9.18 Å². The Balaban J connectivity index is 2.18. The van der Waals surface area contributed by atoms with E-state index in [1.807, 2.05) is 0 Å². The number of anilines is 2. The van der Waals surface area contributed by atoms with Crippen LogP contribution in [0.4, 0.5) is 15.9 Å². The summed E-state index contributed by atoms with van der Waals surface area (Å²) >= 11 is 5.75. The summed E-state index contributed by atoms with van der Waals surface area (Å²) < 4.78 is 13.5. The van der Waals surface area contributed by atoms with Crippen LogP contribution in [0.15, 0.2) is 36.5 Å². The summed E-state index contributed by atoms with van der Waals surface area (Å²) in [4.78, 5) is 15.9. The lowest BCUT2D eigenvalue weighted by Gasteiger charge is -2.07. The first-order valence-corrected chi connectivity index (χ1v) is 5.88. The Morgan fingerprint density at radius 2 is 2.11 bits per heavy atom. The van der Waals surface area contributed by atoms with Gasteiger partial charge in [0.25, 0.3) is 5.91 Å². The number of carbonyl (C=O) groups is 1. The van der Waals surface area contributed by atoms with E-state index >= 15 is 0 Å². The summed E-state index contributed by atoms with van der Waals surface area (Å²) in [5, 5.41) is 5.63. The zero-order valence-corrected chi connectivity index (χ0v) is 10.8. The number of aromatic nitrogens is 1. The first-order chi connectivity index (χ1) is 9.10. The molecular weight excluding hydrogens is 269 g/mol. The fraction of sp³-hybridized carbons (Fsp3) is 0.0769. The van der Waals surface area contributed by atoms with Crippen molar-refractivity contribution < 1.29 is 9.18 Å². The molecule has 0 aliphatic heterocycles. The van der Waals surface area contributed by atoms with Crippen molar-refractivity contribution in [1.29, 1.82) is 0 Å².